The molecule has 4 amide bonds. The summed E-state index contributed by atoms with van der Waals surface area (Å²) in [5.41, 5.74) is 0.381. The van der Waals surface area contributed by atoms with Gasteiger partial charge >= 0.3 is 5.97 Å². The van der Waals surface area contributed by atoms with Gasteiger partial charge in [0.15, 0.2) is 0 Å². The van der Waals surface area contributed by atoms with Gasteiger partial charge in [-0.15, -0.1) is 0 Å². The highest BCUT2D eigenvalue weighted by molar-refractivity contribution is 6.03. The van der Waals surface area contributed by atoms with Crippen molar-refractivity contribution in [3.05, 3.63) is 75.6 Å². The topological polar surface area (TPSA) is 208 Å². The molecule has 6 N–H and O–H groups in total. The number of hydrogen-bond acceptors (Lipinski definition) is 9. The van der Waals surface area contributed by atoms with Gasteiger partial charge in [0.05, 0.1) is 25.3 Å². The van der Waals surface area contributed by atoms with E-state index in [-0.39, 0.29) is 37.2 Å². The Morgan fingerprint density at radius 3 is 2.33 bits per heavy atom. The van der Waals surface area contributed by atoms with E-state index in [4.69, 9.17) is 9.84 Å². The maximum Gasteiger partial charge on any atom is 0.322 e. The molecule has 4 rings (SSSR count). The van der Waals surface area contributed by atoms with E-state index in [1.807, 2.05) is 30.3 Å². The third-order valence-electron chi connectivity index (χ3n) is 7.88. The molecular weight excluding hydrogens is 624 g/mol. The third-order valence-corrected chi connectivity index (χ3v) is 7.88. The van der Waals surface area contributed by atoms with Crippen LogP contribution in [0.25, 0.3) is 10.9 Å². The number of hydrogen-bond donors (Lipinski definition) is 6. The molecular formula is C33H40N6O9. The minimum absolute atomic E-state index is 0.00327. The van der Waals surface area contributed by atoms with Crippen molar-refractivity contribution in [1.29, 1.82) is 0 Å². The molecule has 1 aromatic heterocycles. The number of carboxylic acid groups (broad SMARTS) is 1. The standard InChI is InChI=1S/C33H40N6O9/c1-38-25-8-7-22(16-24(25)31(45)30(33(38)47)32(46)36-20-29(43)44)18-34-28(42)19-35-27(41)17-23(15-21-5-3-2-4-6-21)37-26(40)9-10-39-11-13-48-14-12-39/h2-8,16,23,45H,9-15,17-20H2,1H3,(H,34,42)(H,35,41)(H,36,46)(H,37,40)(H,43,44)/t23-/m0/s1. The van der Waals surface area contributed by atoms with Crippen LogP contribution in [0.15, 0.2) is 53.3 Å². The molecule has 256 valence electrons. The highest BCUT2D eigenvalue weighted by Crippen LogP contribution is 2.27. The number of rotatable bonds is 15. The van der Waals surface area contributed by atoms with Crippen molar-refractivity contribution in [3.8, 4) is 5.75 Å². The number of pyridine rings is 1. The van der Waals surface area contributed by atoms with Crippen LogP contribution >= 0.6 is 0 Å². The lowest BCUT2D eigenvalue weighted by Gasteiger charge is -2.26. The Morgan fingerprint density at radius 2 is 1.62 bits per heavy atom. The van der Waals surface area contributed by atoms with E-state index in [1.54, 1.807) is 12.1 Å². The van der Waals surface area contributed by atoms with Crippen molar-refractivity contribution in [2.45, 2.75) is 31.8 Å². The molecule has 15 nitrogen and oxygen atoms in total. The van der Waals surface area contributed by atoms with Gasteiger partial charge in [-0.05, 0) is 29.7 Å². The summed E-state index contributed by atoms with van der Waals surface area (Å²) in [6, 6.07) is 13.7. The predicted octanol–water partition coefficient (Wildman–Crippen LogP) is -0.369. The van der Waals surface area contributed by atoms with E-state index in [0.29, 0.717) is 37.3 Å². The number of aryl methyl sites for hydroxylation is 1. The smallest absolute Gasteiger partial charge is 0.322 e. The molecule has 1 saturated heterocycles. The van der Waals surface area contributed by atoms with Crippen LogP contribution in [0.3, 0.4) is 0 Å². The molecule has 0 unspecified atom stereocenters. The number of carboxylic acids is 1. The first-order valence-electron chi connectivity index (χ1n) is 15.5. The predicted molar refractivity (Wildman–Crippen MR) is 174 cm³/mol. The Hall–Kier alpha value is -5.28. The number of aliphatic carboxylic acids is 1. The van der Waals surface area contributed by atoms with Gasteiger partial charge in [0, 0.05) is 57.5 Å². The van der Waals surface area contributed by atoms with Gasteiger partial charge in [-0.25, -0.2) is 0 Å². The first-order valence-corrected chi connectivity index (χ1v) is 15.5. The molecule has 48 heavy (non-hydrogen) atoms. The number of carbonyl (C=O) groups is 5. The molecule has 0 radical (unpaired) electrons. The third kappa shape index (κ3) is 10.1. The van der Waals surface area contributed by atoms with E-state index in [0.717, 1.165) is 23.2 Å². The minimum atomic E-state index is -1.32. The maximum atomic E-state index is 12.8. The summed E-state index contributed by atoms with van der Waals surface area (Å²) >= 11 is 0. The second-order valence-corrected chi connectivity index (χ2v) is 11.4. The van der Waals surface area contributed by atoms with Crippen LogP contribution in [0, 0.1) is 0 Å². The molecule has 0 spiro atoms. The van der Waals surface area contributed by atoms with E-state index in [1.165, 1.54) is 13.1 Å². The summed E-state index contributed by atoms with van der Waals surface area (Å²) < 4.78 is 6.50. The Morgan fingerprint density at radius 1 is 0.896 bits per heavy atom. The Bertz CT molecular complexity index is 1700. The monoisotopic (exact) mass is 664 g/mol. The number of carbonyl (C=O) groups excluding carboxylic acids is 4. The molecule has 1 atom stereocenters. The zero-order valence-electron chi connectivity index (χ0n) is 26.6. The second-order valence-electron chi connectivity index (χ2n) is 11.4. The van der Waals surface area contributed by atoms with Gasteiger partial charge in [-0.2, -0.15) is 0 Å². The molecule has 0 saturated carbocycles. The van der Waals surface area contributed by atoms with Gasteiger partial charge < -0.3 is 40.8 Å². The number of aromatic nitrogens is 1. The van der Waals surface area contributed by atoms with Gasteiger partial charge in [0.1, 0.15) is 17.9 Å². The number of aromatic hydroxyl groups is 1. The van der Waals surface area contributed by atoms with Crippen LogP contribution in [0.2, 0.25) is 0 Å². The average molecular weight is 665 g/mol. The van der Waals surface area contributed by atoms with Crippen molar-refractivity contribution < 1.29 is 38.9 Å². The van der Waals surface area contributed by atoms with Crippen molar-refractivity contribution in [3.63, 3.8) is 0 Å². The first-order chi connectivity index (χ1) is 23.0. The minimum Gasteiger partial charge on any atom is -0.506 e. The van der Waals surface area contributed by atoms with Crippen LogP contribution in [-0.2, 0) is 43.9 Å². The fourth-order valence-corrected chi connectivity index (χ4v) is 5.33. The summed E-state index contributed by atoms with van der Waals surface area (Å²) in [4.78, 5) is 76.3. The number of benzene rings is 2. The highest BCUT2D eigenvalue weighted by Gasteiger charge is 2.22. The number of fused-ring (bicyclic) bond motifs is 1. The molecule has 1 aliphatic heterocycles. The summed E-state index contributed by atoms with van der Waals surface area (Å²) in [5.74, 6) is -4.04. The molecule has 2 heterocycles. The lowest BCUT2D eigenvalue weighted by molar-refractivity contribution is -0.135. The van der Waals surface area contributed by atoms with Crippen molar-refractivity contribution in [2.75, 3.05) is 45.9 Å². The van der Waals surface area contributed by atoms with Crippen molar-refractivity contribution >= 4 is 40.5 Å². The number of nitrogens with zero attached hydrogens (tertiary/aromatic N) is 2. The molecule has 3 aromatic rings. The average Bonchev–Trinajstić information content (AvgIpc) is 3.08. The second kappa shape index (κ2) is 17.0. The lowest BCUT2D eigenvalue weighted by atomic mass is 10.0. The van der Waals surface area contributed by atoms with Crippen LogP contribution < -0.4 is 26.8 Å². The normalized spacial score (nSPS) is 13.8. The molecule has 15 heteroatoms. The number of morpholine rings is 1. The van der Waals surface area contributed by atoms with Gasteiger partial charge in [-0.1, -0.05) is 36.4 Å². The SMILES string of the molecule is Cn1c(=O)c(C(=O)NCC(=O)O)c(O)c2cc(CNC(=O)CNC(=O)C[C@H](Cc3ccccc3)NC(=O)CCN3CCOCC3)ccc21. The largest absolute Gasteiger partial charge is 0.506 e. The van der Waals surface area contributed by atoms with E-state index < -0.39 is 53.1 Å². The Kier molecular flexibility index (Phi) is 12.6. The highest BCUT2D eigenvalue weighted by atomic mass is 16.5. The first kappa shape index (κ1) is 35.6. The van der Waals surface area contributed by atoms with Crippen LogP contribution in [-0.4, -0.2) is 101 Å². The summed E-state index contributed by atoms with van der Waals surface area (Å²) in [6.07, 6.45) is 0.695. The van der Waals surface area contributed by atoms with Crippen LogP contribution in [0.4, 0.5) is 0 Å². The lowest BCUT2D eigenvalue weighted by Crippen LogP contribution is -2.44. The molecule has 0 aliphatic carbocycles. The zero-order chi connectivity index (χ0) is 34.6. The maximum absolute atomic E-state index is 12.8. The van der Waals surface area contributed by atoms with Gasteiger partial charge in [0.2, 0.25) is 17.7 Å². The summed E-state index contributed by atoms with van der Waals surface area (Å²) in [6.45, 7) is 2.36. The van der Waals surface area contributed by atoms with Crippen molar-refractivity contribution in [2.24, 2.45) is 7.05 Å². The van der Waals surface area contributed by atoms with Crippen molar-refractivity contribution in [1.82, 2.24) is 30.7 Å². The number of ether oxygens (including phenoxy) is 1. The molecule has 1 fully saturated rings. The van der Waals surface area contributed by atoms with E-state index in [9.17, 15) is 33.9 Å². The zero-order valence-corrected chi connectivity index (χ0v) is 26.6. The van der Waals surface area contributed by atoms with Crippen LogP contribution in [0.5, 0.6) is 5.75 Å². The fraction of sp³-hybridized carbons (Fsp3) is 0.394. The quantitative estimate of drug-likeness (QED) is 0.124. The van der Waals surface area contributed by atoms with Crippen LogP contribution in [0.1, 0.15) is 34.3 Å². The molecule has 2 aromatic carbocycles. The fourth-order valence-electron chi connectivity index (χ4n) is 5.33. The summed E-state index contributed by atoms with van der Waals surface area (Å²) in [5, 5.41) is 30.0. The molecule has 1 aliphatic rings. The number of amides is 4. The number of nitrogens with one attached hydrogen (secondary N) is 4. The molecule has 0 bridgehead atoms. The Labute approximate surface area is 276 Å². The van der Waals surface area contributed by atoms with E-state index in [2.05, 4.69) is 26.2 Å². The van der Waals surface area contributed by atoms with E-state index >= 15 is 0 Å². The summed E-state index contributed by atoms with van der Waals surface area (Å²) in [7, 11) is 1.41. The van der Waals surface area contributed by atoms with Gasteiger partial charge in [0.25, 0.3) is 11.5 Å². The van der Waals surface area contributed by atoms with Gasteiger partial charge in [-0.3, -0.25) is 33.7 Å². The Balaban J connectivity index is 1.32.